The number of nitrogens with two attached hydrogens (primary N) is 1. The standard InChI is InChI=1S/C8H10N2O/c1-5-4-6-7(11-5)2-3-10-8(6)9/h2-3,5H,4H2,1H3,(H2,9,10). The molecule has 0 aromatic carbocycles. The maximum absolute atomic E-state index is 5.64. The molecule has 0 aliphatic carbocycles. The second-order valence-electron chi connectivity index (χ2n) is 2.81. The van der Waals surface area contributed by atoms with Crippen LogP contribution in [0.4, 0.5) is 5.82 Å². The molecule has 2 heterocycles. The van der Waals surface area contributed by atoms with Crippen molar-refractivity contribution in [1.29, 1.82) is 0 Å². The summed E-state index contributed by atoms with van der Waals surface area (Å²) in [6.07, 6.45) is 2.80. The largest absolute Gasteiger partial charge is 0.490 e. The smallest absolute Gasteiger partial charge is 0.130 e. The van der Waals surface area contributed by atoms with E-state index in [9.17, 15) is 0 Å². The number of pyridine rings is 1. The topological polar surface area (TPSA) is 48.1 Å². The van der Waals surface area contributed by atoms with Gasteiger partial charge in [0, 0.05) is 18.2 Å². The van der Waals surface area contributed by atoms with Gasteiger partial charge in [0.25, 0.3) is 0 Å². The third kappa shape index (κ3) is 0.926. The van der Waals surface area contributed by atoms with Gasteiger partial charge in [0.15, 0.2) is 0 Å². The zero-order chi connectivity index (χ0) is 7.84. The van der Waals surface area contributed by atoms with E-state index in [-0.39, 0.29) is 6.10 Å². The second-order valence-corrected chi connectivity index (χ2v) is 2.81. The van der Waals surface area contributed by atoms with Crippen LogP contribution in [-0.2, 0) is 6.42 Å². The van der Waals surface area contributed by atoms with E-state index < -0.39 is 0 Å². The molecule has 0 amide bonds. The van der Waals surface area contributed by atoms with Gasteiger partial charge in [-0.25, -0.2) is 4.98 Å². The molecule has 0 saturated heterocycles. The monoisotopic (exact) mass is 150 g/mol. The van der Waals surface area contributed by atoms with Crippen LogP contribution in [0.25, 0.3) is 0 Å². The SMILES string of the molecule is CC1Cc2c(ccnc2N)O1. The highest BCUT2D eigenvalue weighted by Gasteiger charge is 2.20. The van der Waals surface area contributed by atoms with Gasteiger partial charge in [-0.15, -0.1) is 0 Å². The quantitative estimate of drug-likeness (QED) is 0.600. The molecule has 3 nitrogen and oxygen atoms in total. The predicted octanol–water partition coefficient (Wildman–Crippen LogP) is 0.987. The van der Waals surface area contributed by atoms with Crippen molar-refractivity contribution < 1.29 is 4.74 Å². The van der Waals surface area contributed by atoms with Crippen molar-refractivity contribution in [1.82, 2.24) is 4.98 Å². The van der Waals surface area contributed by atoms with Crippen LogP contribution in [0.5, 0.6) is 5.75 Å². The average Bonchev–Trinajstić information content (AvgIpc) is 2.31. The summed E-state index contributed by atoms with van der Waals surface area (Å²) in [5.41, 5.74) is 6.70. The van der Waals surface area contributed by atoms with Gasteiger partial charge >= 0.3 is 0 Å². The minimum absolute atomic E-state index is 0.247. The number of hydrogen-bond donors (Lipinski definition) is 1. The molecule has 0 radical (unpaired) electrons. The van der Waals surface area contributed by atoms with Crippen molar-refractivity contribution in [3.63, 3.8) is 0 Å². The molecule has 1 atom stereocenters. The predicted molar refractivity (Wildman–Crippen MR) is 42.4 cm³/mol. The molecule has 1 aliphatic rings. The summed E-state index contributed by atoms with van der Waals surface area (Å²) in [6, 6.07) is 1.86. The van der Waals surface area contributed by atoms with Crippen LogP contribution >= 0.6 is 0 Å². The fraction of sp³-hybridized carbons (Fsp3) is 0.375. The van der Waals surface area contributed by atoms with E-state index in [0.29, 0.717) is 5.82 Å². The summed E-state index contributed by atoms with van der Waals surface area (Å²) in [5.74, 6) is 1.50. The molecule has 58 valence electrons. The number of hydrogen-bond acceptors (Lipinski definition) is 3. The van der Waals surface area contributed by atoms with E-state index in [1.54, 1.807) is 6.20 Å². The Labute approximate surface area is 65.2 Å². The molecule has 1 aromatic heterocycles. The summed E-state index contributed by atoms with van der Waals surface area (Å²) in [4.78, 5) is 3.98. The molecule has 1 aromatic rings. The van der Waals surface area contributed by atoms with Crippen molar-refractivity contribution in [2.45, 2.75) is 19.4 Å². The molecular formula is C8H10N2O. The highest BCUT2D eigenvalue weighted by Crippen LogP contribution is 2.30. The van der Waals surface area contributed by atoms with E-state index in [1.165, 1.54) is 0 Å². The summed E-state index contributed by atoms with van der Waals surface area (Å²) < 4.78 is 5.47. The molecular weight excluding hydrogens is 140 g/mol. The molecule has 2 N–H and O–H groups in total. The minimum atomic E-state index is 0.247. The summed E-state index contributed by atoms with van der Waals surface area (Å²) >= 11 is 0. The maximum atomic E-state index is 5.64. The van der Waals surface area contributed by atoms with Gasteiger partial charge in [-0.05, 0) is 13.0 Å². The van der Waals surface area contributed by atoms with Gasteiger partial charge < -0.3 is 10.5 Å². The highest BCUT2D eigenvalue weighted by atomic mass is 16.5. The first-order valence-corrected chi connectivity index (χ1v) is 3.67. The molecule has 0 bridgehead atoms. The van der Waals surface area contributed by atoms with Crippen LogP contribution < -0.4 is 10.5 Å². The Kier molecular flexibility index (Phi) is 1.24. The van der Waals surface area contributed by atoms with Gasteiger partial charge in [-0.2, -0.15) is 0 Å². The van der Waals surface area contributed by atoms with Crippen LogP contribution in [0.15, 0.2) is 12.3 Å². The Morgan fingerprint density at radius 3 is 3.27 bits per heavy atom. The van der Waals surface area contributed by atoms with Crippen molar-refractivity contribution in [2.24, 2.45) is 0 Å². The molecule has 0 saturated carbocycles. The zero-order valence-corrected chi connectivity index (χ0v) is 6.37. The molecule has 0 spiro atoms. The van der Waals surface area contributed by atoms with Crippen LogP contribution in [0.3, 0.4) is 0 Å². The first-order chi connectivity index (χ1) is 5.27. The Balaban J connectivity index is 2.49. The lowest BCUT2D eigenvalue weighted by Gasteiger charge is -2.00. The van der Waals surface area contributed by atoms with Crippen LogP contribution in [0.2, 0.25) is 0 Å². The van der Waals surface area contributed by atoms with Gasteiger partial charge in [0.1, 0.15) is 17.7 Å². The lowest BCUT2D eigenvalue weighted by atomic mass is 10.1. The number of nitrogen functional groups attached to an aromatic ring is 1. The first kappa shape index (κ1) is 6.46. The van der Waals surface area contributed by atoms with Gasteiger partial charge in [0.05, 0.1) is 0 Å². The summed E-state index contributed by atoms with van der Waals surface area (Å²) in [6.45, 7) is 2.03. The molecule has 1 unspecified atom stereocenters. The summed E-state index contributed by atoms with van der Waals surface area (Å²) in [5, 5.41) is 0. The normalized spacial score (nSPS) is 21.0. The molecule has 3 heteroatoms. The molecule has 2 rings (SSSR count). The van der Waals surface area contributed by atoms with E-state index >= 15 is 0 Å². The Morgan fingerprint density at radius 1 is 1.73 bits per heavy atom. The molecule has 11 heavy (non-hydrogen) atoms. The number of ether oxygens (including phenoxy) is 1. The van der Waals surface area contributed by atoms with Crippen molar-refractivity contribution in [2.75, 3.05) is 5.73 Å². The Bertz CT molecular complexity index is 285. The maximum Gasteiger partial charge on any atom is 0.130 e. The lowest BCUT2D eigenvalue weighted by molar-refractivity contribution is 0.254. The molecule has 1 aliphatic heterocycles. The van der Waals surface area contributed by atoms with Crippen LogP contribution in [0.1, 0.15) is 12.5 Å². The van der Waals surface area contributed by atoms with Gasteiger partial charge in [-0.1, -0.05) is 0 Å². The van der Waals surface area contributed by atoms with E-state index in [0.717, 1.165) is 17.7 Å². The molecule has 0 fully saturated rings. The fourth-order valence-electron chi connectivity index (χ4n) is 1.35. The number of fused-ring (bicyclic) bond motifs is 1. The third-order valence-electron chi connectivity index (χ3n) is 1.87. The number of aromatic nitrogens is 1. The van der Waals surface area contributed by atoms with Crippen molar-refractivity contribution in [3.8, 4) is 5.75 Å². The third-order valence-corrected chi connectivity index (χ3v) is 1.87. The second kappa shape index (κ2) is 2.12. The Morgan fingerprint density at radius 2 is 2.55 bits per heavy atom. The van der Waals surface area contributed by atoms with Crippen LogP contribution in [-0.4, -0.2) is 11.1 Å². The van der Waals surface area contributed by atoms with Crippen molar-refractivity contribution >= 4 is 5.82 Å². The minimum Gasteiger partial charge on any atom is -0.490 e. The summed E-state index contributed by atoms with van der Waals surface area (Å²) in [7, 11) is 0. The van der Waals surface area contributed by atoms with E-state index in [4.69, 9.17) is 10.5 Å². The van der Waals surface area contributed by atoms with E-state index in [2.05, 4.69) is 4.98 Å². The zero-order valence-electron chi connectivity index (χ0n) is 6.37. The van der Waals surface area contributed by atoms with Crippen LogP contribution in [0, 0.1) is 0 Å². The first-order valence-electron chi connectivity index (χ1n) is 3.67. The van der Waals surface area contributed by atoms with Gasteiger partial charge in [0.2, 0.25) is 0 Å². The number of nitrogens with zero attached hydrogens (tertiary/aromatic N) is 1. The number of rotatable bonds is 0. The average molecular weight is 150 g/mol. The van der Waals surface area contributed by atoms with E-state index in [1.807, 2.05) is 13.0 Å². The number of anilines is 1. The van der Waals surface area contributed by atoms with Crippen molar-refractivity contribution in [3.05, 3.63) is 17.8 Å². The van der Waals surface area contributed by atoms with Gasteiger partial charge in [-0.3, -0.25) is 0 Å². The Hall–Kier alpha value is -1.25. The highest BCUT2D eigenvalue weighted by molar-refractivity contribution is 5.50. The fourth-order valence-corrected chi connectivity index (χ4v) is 1.35. The lowest BCUT2D eigenvalue weighted by Crippen LogP contribution is -2.05.